The number of nitrogens with zero attached hydrogens (tertiary/aromatic N) is 2. The number of amides is 4. The van der Waals surface area contributed by atoms with Gasteiger partial charge in [0.1, 0.15) is 11.6 Å². The number of hydrogen-bond donors (Lipinski definition) is 3. The molecule has 0 radical (unpaired) electrons. The van der Waals surface area contributed by atoms with Crippen LogP contribution in [0.2, 0.25) is 0 Å². The topological polar surface area (TPSA) is 186 Å². The van der Waals surface area contributed by atoms with Crippen LogP contribution in [-0.2, 0) is 47.7 Å². The quantitative estimate of drug-likeness (QED) is 0.0826. The number of aliphatic hydroxyl groups excluding tert-OH is 2. The third-order valence-electron chi connectivity index (χ3n) is 9.80. The number of carbonyl (C=O) groups is 6. The lowest BCUT2D eigenvalue weighted by molar-refractivity contribution is -0.143. The number of ether oxygens (including phenoxy) is 4. The molecule has 2 N–H and O–H groups in total. The van der Waals surface area contributed by atoms with E-state index < -0.39 is 0 Å². The van der Waals surface area contributed by atoms with Gasteiger partial charge in [-0.1, -0.05) is 0 Å². The molecular weight excluding hydrogens is 741 g/mol. The zero-order chi connectivity index (χ0) is 39.7. The van der Waals surface area contributed by atoms with E-state index in [0.29, 0.717) is 88.7 Å². The Morgan fingerprint density at radius 3 is 1.56 bits per heavy atom. The van der Waals surface area contributed by atoms with Crippen LogP contribution in [0.25, 0.3) is 0 Å². The van der Waals surface area contributed by atoms with Gasteiger partial charge in [-0.2, -0.15) is 12.6 Å². The number of aliphatic hydroxyl groups is 2. The highest BCUT2D eigenvalue weighted by molar-refractivity contribution is 8.00. The molecule has 0 bridgehead atoms. The lowest BCUT2D eigenvalue weighted by Crippen LogP contribution is -2.43. The largest absolute Gasteiger partial charge is 0.396 e. The fraction of sp³-hybridized carbons (Fsp3) is 0.789. The number of Topliss-reactive ketones (excluding diaryl/α,β-unsaturated/α-hetero) is 2. The summed E-state index contributed by atoms with van der Waals surface area (Å²) in [6, 6.07) is -0.0396. The molecule has 2 saturated carbocycles. The van der Waals surface area contributed by atoms with E-state index in [9.17, 15) is 28.8 Å². The molecule has 2 heterocycles. The Balaban J connectivity index is 0.000000343. The summed E-state index contributed by atoms with van der Waals surface area (Å²) in [7, 11) is 3.23. The van der Waals surface area contributed by atoms with Gasteiger partial charge in [0.25, 0.3) is 11.8 Å². The van der Waals surface area contributed by atoms with E-state index in [2.05, 4.69) is 12.6 Å². The molecule has 4 amide bonds. The molecule has 0 aromatic rings. The van der Waals surface area contributed by atoms with Crippen molar-refractivity contribution in [1.82, 2.24) is 9.80 Å². The van der Waals surface area contributed by atoms with Crippen molar-refractivity contribution in [2.45, 2.75) is 101 Å². The lowest BCUT2D eigenvalue weighted by atomic mass is 9.82. The smallest absolute Gasteiger partial charge is 0.253 e. The summed E-state index contributed by atoms with van der Waals surface area (Å²) in [6.45, 7) is 3.17. The number of rotatable bonds is 22. The van der Waals surface area contributed by atoms with Gasteiger partial charge < -0.3 is 29.2 Å². The first-order valence-electron chi connectivity index (χ1n) is 19.1. The van der Waals surface area contributed by atoms with Crippen LogP contribution in [0.4, 0.5) is 0 Å². The zero-order valence-corrected chi connectivity index (χ0v) is 33.7. The molecule has 1 saturated heterocycles. The van der Waals surface area contributed by atoms with Crippen LogP contribution >= 0.6 is 24.4 Å². The molecule has 54 heavy (non-hydrogen) atoms. The highest BCUT2D eigenvalue weighted by atomic mass is 32.2. The minimum atomic E-state index is -0.345. The van der Waals surface area contributed by atoms with Gasteiger partial charge in [-0.3, -0.25) is 38.6 Å². The molecule has 4 rings (SSSR count). The number of methoxy groups -OCH3 is 2. The molecule has 14 nitrogen and oxygen atoms in total. The van der Waals surface area contributed by atoms with Crippen molar-refractivity contribution in [1.29, 1.82) is 0 Å². The average molecular weight is 803 g/mol. The number of thiol groups is 1. The summed E-state index contributed by atoms with van der Waals surface area (Å²) >= 11 is 5.03. The van der Waals surface area contributed by atoms with Gasteiger partial charge in [0, 0.05) is 82.1 Å². The molecule has 3 fully saturated rings. The summed E-state index contributed by atoms with van der Waals surface area (Å²) in [5, 5.41) is 16.4. The Morgan fingerprint density at radius 2 is 1.15 bits per heavy atom. The van der Waals surface area contributed by atoms with Crippen molar-refractivity contribution in [3.63, 3.8) is 0 Å². The van der Waals surface area contributed by atoms with Gasteiger partial charge in [-0.05, 0) is 63.2 Å². The lowest BCUT2D eigenvalue weighted by Gasteiger charge is -2.33. The molecule has 4 aliphatic rings. The zero-order valence-electron chi connectivity index (χ0n) is 32.0. The van der Waals surface area contributed by atoms with Crippen LogP contribution in [0.3, 0.4) is 0 Å². The van der Waals surface area contributed by atoms with E-state index in [1.165, 1.54) is 33.7 Å². The predicted octanol–water partition coefficient (Wildman–Crippen LogP) is 2.80. The van der Waals surface area contributed by atoms with Gasteiger partial charge in [0.05, 0.1) is 58.1 Å². The van der Waals surface area contributed by atoms with Crippen molar-refractivity contribution in [3.05, 3.63) is 12.2 Å². The van der Waals surface area contributed by atoms with Crippen molar-refractivity contribution in [3.8, 4) is 0 Å². The third kappa shape index (κ3) is 17.7. The molecule has 0 aromatic carbocycles. The molecule has 0 spiro atoms. The van der Waals surface area contributed by atoms with Gasteiger partial charge >= 0.3 is 0 Å². The average Bonchev–Trinajstić information content (AvgIpc) is 3.66. The third-order valence-corrected chi connectivity index (χ3v) is 11.2. The van der Waals surface area contributed by atoms with Gasteiger partial charge in [0.2, 0.25) is 11.8 Å². The molecule has 1 unspecified atom stereocenters. The van der Waals surface area contributed by atoms with Crippen LogP contribution < -0.4 is 0 Å². The van der Waals surface area contributed by atoms with Gasteiger partial charge in [0.15, 0.2) is 0 Å². The highest BCUT2D eigenvalue weighted by Crippen LogP contribution is 2.35. The van der Waals surface area contributed by atoms with Crippen LogP contribution in [0.15, 0.2) is 12.2 Å². The Labute approximate surface area is 329 Å². The van der Waals surface area contributed by atoms with Crippen molar-refractivity contribution < 1.29 is 57.9 Å². The number of imide groups is 2. The number of carbonyl (C=O) groups excluding carboxylic acids is 6. The van der Waals surface area contributed by atoms with E-state index in [1.807, 2.05) is 0 Å². The van der Waals surface area contributed by atoms with Crippen molar-refractivity contribution >= 4 is 59.6 Å². The number of thioether (sulfide) groups is 1. The minimum absolute atomic E-state index is 0.00581. The molecule has 308 valence electrons. The summed E-state index contributed by atoms with van der Waals surface area (Å²) in [4.78, 5) is 75.0. The van der Waals surface area contributed by atoms with Gasteiger partial charge in [-0.25, -0.2) is 0 Å². The first-order chi connectivity index (χ1) is 26.1. The summed E-state index contributed by atoms with van der Waals surface area (Å²) < 4.78 is 20.4. The number of hydrogen-bond acceptors (Lipinski definition) is 14. The fourth-order valence-corrected chi connectivity index (χ4v) is 7.93. The molecule has 16 heteroatoms. The monoisotopic (exact) mass is 802 g/mol. The van der Waals surface area contributed by atoms with E-state index in [-0.39, 0.29) is 72.2 Å². The maximum atomic E-state index is 12.5. The Morgan fingerprint density at radius 1 is 0.704 bits per heavy atom. The second-order valence-electron chi connectivity index (χ2n) is 13.8. The first kappa shape index (κ1) is 48.0. The fourth-order valence-electron chi connectivity index (χ4n) is 7.03. The Kier molecular flexibility index (Phi) is 25.1. The van der Waals surface area contributed by atoms with Crippen LogP contribution in [-0.4, -0.2) is 151 Å². The summed E-state index contributed by atoms with van der Waals surface area (Å²) in [6.07, 6.45) is 11.5. The minimum Gasteiger partial charge on any atom is -0.396 e. The SMILES string of the molecule is COCCOCCC(=O)CC1CCC(N2C(=O)C=CC2=O)CC1.COCCOCCC(=O)CC1CCC(N2C(=O)CC(SCCO)C2=O)CC1.OCCS. The Bertz CT molecular complexity index is 1170. The van der Waals surface area contributed by atoms with Crippen molar-refractivity contribution in [2.24, 2.45) is 11.8 Å². The van der Waals surface area contributed by atoms with Crippen LogP contribution in [0.1, 0.15) is 83.5 Å². The molecule has 2 aliphatic heterocycles. The van der Waals surface area contributed by atoms with Crippen molar-refractivity contribution in [2.75, 3.05) is 78.6 Å². The van der Waals surface area contributed by atoms with E-state index in [0.717, 1.165) is 51.4 Å². The molecule has 2 aliphatic carbocycles. The normalized spacial score (nSPS) is 24.0. The number of ketones is 2. The molecule has 0 aromatic heterocycles. The van der Waals surface area contributed by atoms with Crippen LogP contribution in [0.5, 0.6) is 0 Å². The summed E-state index contributed by atoms with van der Waals surface area (Å²) in [5.74, 6) is 1.56. The predicted molar refractivity (Wildman–Crippen MR) is 207 cm³/mol. The Hall–Kier alpha value is -2.18. The maximum absolute atomic E-state index is 12.5. The highest BCUT2D eigenvalue weighted by Gasteiger charge is 2.43. The number of likely N-dealkylation sites (tertiary alicyclic amines) is 1. The van der Waals surface area contributed by atoms with E-state index in [4.69, 9.17) is 29.2 Å². The molecular formula is C38H62N2O12S2. The van der Waals surface area contributed by atoms with E-state index in [1.54, 1.807) is 14.2 Å². The van der Waals surface area contributed by atoms with Gasteiger partial charge in [-0.15, -0.1) is 11.8 Å². The second kappa shape index (κ2) is 28.3. The second-order valence-corrected chi connectivity index (χ2v) is 15.5. The van der Waals surface area contributed by atoms with Crippen LogP contribution in [0, 0.1) is 11.8 Å². The standard InChI is InChI=1S/C19H31NO6S.C17H25NO5.C2H6OS/c1-25-9-10-26-8-6-16(22)12-14-2-4-15(5-3-14)20-18(23)13-17(19(20)24)27-11-7-21;1-22-10-11-23-9-8-15(19)12-13-2-4-14(5-3-13)18-16(20)6-7-17(18)21;3-1-2-4/h14-15,17,21H,2-13H2,1H3;6-7,13-14H,2-5,8-12H2,1H3;3-4H,1-2H2. The molecule has 1 atom stereocenters. The van der Waals surface area contributed by atoms with E-state index >= 15 is 0 Å². The maximum Gasteiger partial charge on any atom is 0.253 e. The first-order valence-corrected chi connectivity index (χ1v) is 20.8. The summed E-state index contributed by atoms with van der Waals surface area (Å²) in [5.41, 5.74) is 0.